The fourth-order valence-electron chi connectivity index (χ4n) is 2.49. The Hall–Kier alpha value is -2.41. The summed E-state index contributed by atoms with van der Waals surface area (Å²) >= 11 is 8.85. The first kappa shape index (κ1) is 18.9. The molecule has 0 aliphatic carbocycles. The Kier molecular flexibility index (Phi) is 5.62. The normalized spacial score (nSPS) is 16.7. The van der Waals surface area contributed by atoms with Crippen molar-refractivity contribution in [1.29, 1.82) is 0 Å². The van der Waals surface area contributed by atoms with E-state index in [4.69, 9.17) is 16.0 Å². The van der Waals surface area contributed by atoms with Gasteiger partial charge in [-0.05, 0) is 60.6 Å². The molecule has 1 aliphatic rings. The van der Waals surface area contributed by atoms with E-state index in [1.54, 1.807) is 12.1 Å². The van der Waals surface area contributed by atoms with Crippen molar-refractivity contribution in [3.05, 3.63) is 81.9 Å². The number of rotatable bonds is 4. The van der Waals surface area contributed by atoms with Crippen molar-refractivity contribution in [2.24, 2.45) is 4.99 Å². The third-order valence-electron chi connectivity index (χ3n) is 3.88. The lowest BCUT2D eigenvalue weighted by Crippen LogP contribution is -2.19. The highest BCUT2D eigenvalue weighted by atomic mass is 35.5. The topological polar surface area (TPSA) is 54.6 Å². The molecule has 140 valence electrons. The van der Waals surface area contributed by atoms with Crippen LogP contribution in [0.25, 0.3) is 6.08 Å². The van der Waals surface area contributed by atoms with Crippen LogP contribution in [-0.4, -0.2) is 11.1 Å². The van der Waals surface area contributed by atoms with Crippen LogP contribution in [0.15, 0.2) is 85.0 Å². The number of aryl methyl sites for hydroxylation is 1. The summed E-state index contributed by atoms with van der Waals surface area (Å²) in [6.07, 6.45) is 1.72. The summed E-state index contributed by atoms with van der Waals surface area (Å²) in [6.45, 7) is 1.95. The second-order valence-electron chi connectivity index (χ2n) is 5.98. The van der Waals surface area contributed by atoms with Crippen molar-refractivity contribution in [2.75, 3.05) is 0 Å². The van der Waals surface area contributed by atoms with E-state index in [1.165, 1.54) is 23.5 Å². The number of carbonyl (C=O) groups excluding carboxylic acids is 1. The minimum absolute atomic E-state index is 0.197. The highest BCUT2D eigenvalue weighted by molar-refractivity contribution is 8.18. The number of nitrogens with zero attached hydrogens (tertiary/aromatic N) is 1. The van der Waals surface area contributed by atoms with Crippen molar-refractivity contribution in [1.82, 2.24) is 5.32 Å². The lowest BCUT2D eigenvalue weighted by atomic mass is 10.2. The lowest BCUT2D eigenvalue weighted by molar-refractivity contribution is -0.115. The molecule has 0 radical (unpaired) electrons. The minimum Gasteiger partial charge on any atom is -0.450 e. The number of amidine groups is 1. The Morgan fingerprint density at radius 1 is 1.14 bits per heavy atom. The summed E-state index contributed by atoms with van der Waals surface area (Å²) in [7, 11) is 0. The van der Waals surface area contributed by atoms with Gasteiger partial charge in [0.2, 0.25) is 0 Å². The molecule has 28 heavy (non-hydrogen) atoms. The average molecular weight is 427 g/mol. The second-order valence-corrected chi connectivity index (χ2v) is 8.53. The molecule has 2 aromatic carbocycles. The van der Waals surface area contributed by atoms with Crippen LogP contribution in [0.5, 0.6) is 0 Å². The molecule has 1 saturated heterocycles. The van der Waals surface area contributed by atoms with Crippen molar-refractivity contribution in [3.8, 4) is 0 Å². The molecule has 0 unspecified atom stereocenters. The Labute approximate surface area is 176 Å². The van der Waals surface area contributed by atoms with E-state index in [0.717, 1.165) is 21.2 Å². The molecule has 1 fully saturated rings. The number of halogens is 1. The number of aliphatic imine (C=N–C) groups is 1. The lowest BCUT2D eigenvalue weighted by Gasteiger charge is -2.01. The van der Waals surface area contributed by atoms with Gasteiger partial charge in [0.1, 0.15) is 5.76 Å². The van der Waals surface area contributed by atoms with E-state index in [1.807, 2.05) is 61.5 Å². The third kappa shape index (κ3) is 4.52. The maximum absolute atomic E-state index is 12.3. The monoisotopic (exact) mass is 426 g/mol. The molecule has 1 aliphatic heterocycles. The van der Waals surface area contributed by atoms with Crippen LogP contribution in [0, 0.1) is 6.92 Å². The van der Waals surface area contributed by atoms with Crippen LogP contribution in [0.4, 0.5) is 5.69 Å². The van der Waals surface area contributed by atoms with E-state index in [9.17, 15) is 4.79 Å². The summed E-state index contributed by atoms with van der Waals surface area (Å²) in [6, 6.07) is 19.2. The summed E-state index contributed by atoms with van der Waals surface area (Å²) in [5, 5.41) is 4.68. The highest BCUT2D eigenvalue weighted by Gasteiger charge is 2.24. The Morgan fingerprint density at radius 3 is 2.79 bits per heavy atom. The molecule has 7 heteroatoms. The van der Waals surface area contributed by atoms with Gasteiger partial charge in [-0.3, -0.25) is 4.79 Å². The fourth-order valence-corrected chi connectivity index (χ4v) is 4.27. The van der Waals surface area contributed by atoms with Gasteiger partial charge in [-0.25, -0.2) is 4.99 Å². The Morgan fingerprint density at radius 2 is 1.96 bits per heavy atom. The van der Waals surface area contributed by atoms with Gasteiger partial charge in [0, 0.05) is 16.0 Å². The summed E-state index contributed by atoms with van der Waals surface area (Å²) in [5.41, 5.74) is 1.72. The summed E-state index contributed by atoms with van der Waals surface area (Å²) < 4.78 is 5.82. The summed E-state index contributed by atoms with van der Waals surface area (Å²) in [5.74, 6) is 0.424. The van der Waals surface area contributed by atoms with Crippen molar-refractivity contribution < 1.29 is 9.21 Å². The second kappa shape index (κ2) is 8.31. The van der Waals surface area contributed by atoms with Gasteiger partial charge < -0.3 is 9.73 Å². The van der Waals surface area contributed by atoms with Gasteiger partial charge in [0.25, 0.3) is 5.91 Å². The van der Waals surface area contributed by atoms with Crippen LogP contribution < -0.4 is 5.32 Å². The predicted octanol–water partition coefficient (Wildman–Crippen LogP) is 6.28. The fraction of sp³-hybridized carbons (Fsp3) is 0.0476. The number of benzene rings is 2. The number of nitrogens with one attached hydrogen (secondary N) is 1. The smallest absolute Gasteiger partial charge is 0.264 e. The molecule has 4 nitrogen and oxygen atoms in total. The van der Waals surface area contributed by atoms with Crippen LogP contribution in [0.1, 0.15) is 11.3 Å². The van der Waals surface area contributed by atoms with Gasteiger partial charge in [-0.2, -0.15) is 0 Å². The molecule has 0 atom stereocenters. The molecule has 1 N–H and O–H groups in total. The van der Waals surface area contributed by atoms with Crippen LogP contribution in [0.2, 0.25) is 5.02 Å². The van der Waals surface area contributed by atoms with Gasteiger partial charge in [-0.15, -0.1) is 0 Å². The van der Waals surface area contributed by atoms with Gasteiger partial charge in [0.05, 0.1) is 10.6 Å². The Bertz CT molecular complexity index is 1090. The van der Waals surface area contributed by atoms with Crippen LogP contribution in [0.3, 0.4) is 0 Å². The van der Waals surface area contributed by atoms with E-state index in [-0.39, 0.29) is 5.91 Å². The first-order valence-corrected chi connectivity index (χ1v) is 10.5. The van der Waals surface area contributed by atoms with E-state index in [2.05, 4.69) is 10.3 Å². The summed E-state index contributed by atoms with van der Waals surface area (Å²) in [4.78, 5) is 18.4. The number of hydrogen-bond donors (Lipinski definition) is 1. The molecule has 1 amide bonds. The average Bonchev–Trinajstić information content (AvgIpc) is 3.26. The van der Waals surface area contributed by atoms with Crippen molar-refractivity contribution >= 4 is 58.0 Å². The molecule has 0 saturated carbocycles. The number of thioether (sulfide) groups is 1. The van der Waals surface area contributed by atoms with Crippen molar-refractivity contribution in [3.63, 3.8) is 0 Å². The van der Waals surface area contributed by atoms with Gasteiger partial charge in [0.15, 0.2) is 10.3 Å². The predicted molar refractivity (Wildman–Crippen MR) is 116 cm³/mol. The quantitative estimate of drug-likeness (QED) is 0.498. The molecule has 2 heterocycles. The zero-order chi connectivity index (χ0) is 19.5. The number of furan rings is 1. The number of carbonyl (C=O) groups is 1. The zero-order valence-corrected chi connectivity index (χ0v) is 17.2. The van der Waals surface area contributed by atoms with Crippen molar-refractivity contribution in [2.45, 2.75) is 16.9 Å². The highest BCUT2D eigenvalue weighted by Crippen LogP contribution is 2.33. The molecular weight excluding hydrogens is 412 g/mol. The number of hydrogen-bond acceptors (Lipinski definition) is 5. The molecule has 0 spiro atoms. The molecule has 1 aromatic heterocycles. The minimum atomic E-state index is -0.197. The maximum Gasteiger partial charge on any atom is 0.264 e. The van der Waals surface area contributed by atoms with E-state index < -0.39 is 0 Å². The van der Waals surface area contributed by atoms with Gasteiger partial charge >= 0.3 is 0 Å². The van der Waals surface area contributed by atoms with E-state index in [0.29, 0.717) is 20.9 Å². The SMILES string of the molecule is Cc1ccc(Cl)cc1N=C1NC(=O)/C(=C/c2ccc(Sc3ccccc3)o2)S1. The van der Waals surface area contributed by atoms with E-state index >= 15 is 0 Å². The van der Waals surface area contributed by atoms with Gasteiger partial charge in [-0.1, -0.05) is 47.6 Å². The molecule has 4 rings (SSSR count). The molecule has 0 bridgehead atoms. The Balaban J connectivity index is 1.51. The maximum atomic E-state index is 12.3. The first-order chi connectivity index (χ1) is 13.6. The zero-order valence-electron chi connectivity index (χ0n) is 14.8. The van der Waals surface area contributed by atoms with Crippen LogP contribution in [-0.2, 0) is 4.79 Å². The molecule has 3 aromatic rings. The third-order valence-corrected chi connectivity index (χ3v) is 5.95. The standard InChI is InChI=1S/C21H15ClN2O2S2/c1-13-7-8-14(22)11-17(13)23-21-24-20(25)18(28-21)12-15-9-10-19(26-15)27-16-5-3-2-4-6-16/h2-12H,1H3,(H,23,24,25)/b18-12-. The largest absolute Gasteiger partial charge is 0.450 e. The molecular formula is C21H15ClN2O2S2. The number of amides is 1. The first-order valence-electron chi connectivity index (χ1n) is 8.45. The van der Waals surface area contributed by atoms with Crippen LogP contribution >= 0.6 is 35.1 Å².